The molecular formula is C28H24F6N4O3. The first-order valence-electron chi connectivity index (χ1n) is 12.7. The van der Waals surface area contributed by atoms with E-state index in [0.717, 1.165) is 22.8 Å². The van der Waals surface area contributed by atoms with Crippen LogP contribution in [0.5, 0.6) is 0 Å². The third-order valence-corrected chi connectivity index (χ3v) is 7.16. The molecule has 3 atom stereocenters. The number of benzene rings is 2. The van der Waals surface area contributed by atoms with Crippen molar-refractivity contribution in [1.29, 1.82) is 0 Å². The van der Waals surface area contributed by atoms with Gasteiger partial charge in [0.15, 0.2) is 0 Å². The molecule has 216 valence electrons. The van der Waals surface area contributed by atoms with E-state index in [9.17, 15) is 35.9 Å². The van der Waals surface area contributed by atoms with E-state index < -0.39 is 59.0 Å². The zero-order valence-electron chi connectivity index (χ0n) is 21.5. The first kappa shape index (κ1) is 28.2. The van der Waals surface area contributed by atoms with Gasteiger partial charge in [0.05, 0.1) is 34.6 Å². The summed E-state index contributed by atoms with van der Waals surface area (Å²) in [4.78, 5) is 32.9. The van der Waals surface area contributed by atoms with Crippen LogP contribution in [-0.4, -0.2) is 32.9 Å². The fourth-order valence-corrected chi connectivity index (χ4v) is 5.31. The number of alkyl halides is 6. The summed E-state index contributed by atoms with van der Waals surface area (Å²) >= 11 is 0. The zero-order valence-corrected chi connectivity index (χ0v) is 21.5. The molecule has 2 aromatic carbocycles. The fourth-order valence-electron chi connectivity index (χ4n) is 5.31. The number of halogens is 6. The number of aromatic nitrogens is 2. The summed E-state index contributed by atoms with van der Waals surface area (Å²) in [6.45, 7) is 1.70. The Morgan fingerprint density at radius 3 is 2.51 bits per heavy atom. The van der Waals surface area contributed by atoms with Gasteiger partial charge in [-0.05, 0) is 43.5 Å². The van der Waals surface area contributed by atoms with Crippen LogP contribution in [0.4, 0.5) is 31.1 Å². The highest BCUT2D eigenvalue weighted by molar-refractivity contribution is 5.82. The van der Waals surface area contributed by atoms with E-state index in [2.05, 4.69) is 15.0 Å². The van der Waals surface area contributed by atoms with Crippen LogP contribution < -0.4 is 10.9 Å². The third kappa shape index (κ3) is 5.66. The molecule has 0 bridgehead atoms. The Bertz CT molecular complexity index is 1580. The standard InChI is InChI=1S/C28H24F6N4O3/c1-16(17-8-3-2-4-9-17)38(26(40)36-19-11-5-6-13-22(19)41-28(32,33)34)21-14-15-37-24(21)35-20-12-7-10-18(27(29,30)31)23(20)25(37)39/h2-10,12-13,16,19,21H,11,14-15H2,1H3,(H,36,40)/t16-,19-,21?/m0/s1. The topological polar surface area (TPSA) is 76.5 Å². The van der Waals surface area contributed by atoms with E-state index in [-0.39, 0.29) is 30.7 Å². The minimum Gasteiger partial charge on any atom is -0.408 e. The minimum absolute atomic E-state index is 0.00619. The van der Waals surface area contributed by atoms with Crippen LogP contribution >= 0.6 is 0 Å². The average Bonchev–Trinajstić information content (AvgIpc) is 3.32. The number of carbonyl (C=O) groups is 1. The van der Waals surface area contributed by atoms with Crippen molar-refractivity contribution in [3.8, 4) is 0 Å². The van der Waals surface area contributed by atoms with Gasteiger partial charge in [0.1, 0.15) is 11.6 Å². The summed E-state index contributed by atoms with van der Waals surface area (Å²) in [6, 6.07) is 8.66. The summed E-state index contributed by atoms with van der Waals surface area (Å²) in [5.41, 5.74) is -1.46. The normalized spacial score (nSPS) is 19.4. The number of ether oxygens (including phenoxy) is 1. The third-order valence-electron chi connectivity index (χ3n) is 7.16. The molecule has 0 radical (unpaired) electrons. The fraction of sp³-hybridized carbons (Fsp3) is 0.321. The van der Waals surface area contributed by atoms with Crippen LogP contribution in [0.2, 0.25) is 0 Å². The van der Waals surface area contributed by atoms with E-state index in [1.807, 2.05) is 0 Å². The molecule has 1 aliphatic carbocycles. The number of amides is 2. The van der Waals surface area contributed by atoms with Crippen molar-refractivity contribution in [2.24, 2.45) is 0 Å². The summed E-state index contributed by atoms with van der Waals surface area (Å²) in [7, 11) is 0. The lowest BCUT2D eigenvalue weighted by atomic mass is 10.0. The lowest BCUT2D eigenvalue weighted by molar-refractivity contribution is -0.307. The smallest absolute Gasteiger partial charge is 0.408 e. The zero-order chi connectivity index (χ0) is 29.5. The summed E-state index contributed by atoms with van der Waals surface area (Å²) in [5, 5.41) is 2.04. The molecule has 2 heterocycles. The molecule has 13 heteroatoms. The monoisotopic (exact) mass is 578 g/mol. The first-order valence-corrected chi connectivity index (χ1v) is 12.7. The Labute approximate surface area is 229 Å². The maximum absolute atomic E-state index is 13.8. The molecule has 1 aromatic heterocycles. The lowest BCUT2D eigenvalue weighted by Gasteiger charge is -2.36. The number of hydrogen-bond donors (Lipinski definition) is 1. The Balaban J connectivity index is 1.56. The van der Waals surface area contributed by atoms with Crippen molar-refractivity contribution in [2.45, 2.75) is 57.0 Å². The van der Waals surface area contributed by atoms with Gasteiger partial charge in [-0.1, -0.05) is 48.6 Å². The summed E-state index contributed by atoms with van der Waals surface area (Å²) in [6.07, 6.45) is -5.49. The molecule has 5 rings (SSSR count). The first-order chi connectivity index (χ1) is 19.3. The van der Waals surface area contributed by atoms with Gasteiger partial charge >= 0.3 is 18.6 Å². The predicted molar refractivity (Wildman–Crippen MR) is 136 cm³/mol. The van der Waals surface area contributed by atoms with Crippen LogP contribution in [0, 0.1) is 0 Å². The number of rotatable bonds is 5. The Morgan fingerprint density at radius 1 is 1.10 bits per heavy atom. The van der Waals surface area contributed by atoms with Gasteiger partial charge in [-0.25, -0.2) is 9.78 Å². The van der Waals surface area contributed by atoms with Crippen molar-refractivity contribution in [1.82, 2.24) is 19.8 Å². The molecule has 0 fully saturated rings. The van der Waals surface area contributed by atoms with Crippen LogP contribution in [0.3, 0.4) is 0 Å². The van der Waals surface area contributed by atoms with Gasteiger partial charge in [-0.2, -0.15) is 13.2 Å². The molecule has 1 aliphatic heterocycles. The molecule has 1 unspecified atom stereocenters. The maximum Gasteiger partial charge on any atom is 0.572 e. The summed E-state index contributed by atoms with van der Waals surface area (Å²) in [5.74, 6) is -0.405. The van der Waals surface area contributed by atoms with Gasteiger partial charge in [0, 0.05) is 6.54 Å². The van der Waals surface area contributed by atoms with Gasteiger partial charge < -0.3 is 15.0 Å². The largest absolute Gasteiger partial charge is 0.572 e. The Morgan fingerprint density at radius 2 is 1.83 bits per heavy atom. The van der Waals surface area contributed by atoms with Crippen molar-refractivity contribution < 1.29 is 35.9 Å². The van der Waals surface area contributed by atoms with Crippen molar-refractivity contribution in [3.63, 3.8) is 0 Å². The number of hydrogen-bond acceptors (Lipinski definition) is 4. The highest BCUT2D eigenvalue weighted by Crippen LogP contribution is 2.38. The maximum atomic E-state index is 13.8. The van der Waals surface area contributed by atoms with Crippen molar-refractivity contribution >= 4 is 16.9 Å². The molecule has 7 nitrogen and oxygen atoms in total. The molecule has 0 saturated heterocycles. The Hall–Kier alpha value is -4.29. The van der Waals surface area contributed by atoms with E-state index in [4.69, 9.17) is 0 Å². The number of allylic oxidation sites excluding steroid dienone is 2. The van der Waals surface area contributed by atoms with Gasteiger partial charge in [-0.3, -0.25) is 9.36 Å². The van der Waals surface area contributed by atoms with Gasteiger partial charge in [0.2, 0.25) is 0 Å². The number of urea groups is 1. The minimum atomic E-state index is -4.97. The predicted octanol–water partition coefficient (Wildman–Crippen LogP) is 6.38. The number of carbonyl (C=O) groups excluding carboxylic acids is 1. The number of fused-ring (bicyclic) bond motifs is 2. The lowest BCUT2D eigenvalue weighted by Crippen LogP contribution is -2.48. The molecule has 41 heavy (non-hydrogen) atoms. The summed E-state index contributed by atoms with van der Waals surface area (Å²) < 4.78 is 85.4. The van der Waals surface area contributed by atoms with E-state index in [1.165, 1.54) is 17.0 Å². The van der Waals surface area contributed by atoms with Crippen molar-refractivity contribution in [2.75, 3.05) is 0 Å². The number of nitrogens with zero attached hydrogens (tertiary/aromatic N) is 3. The highest BCUT2D eigenvalue weighted by Gasteiger charge is 2.41. The second-order valence-corrected chi connectivity index (χ2v) is 9.71. The molecule has 1 N–H and O–H groups in total. The molecule has 0 spiro atoms. The molecule has 2 aliphatic rings. The van der Waals surface area contributed by atoms with E-state index in [0.29, 0.717) is 5.56 Å². The van der Waals surface area contributed by atoms with Crippen molar-refractivity contribution in [3.05, 3.63) is 99.8 Å². The molecule has 3 aromatic rings. The molecule has 0 saturated carbocycles. The average molecular weight is 579 g/mol. The Kier molecular flexibility index (Phi) is 7.30. The second-order valence-electron chi connectivity index (χ2n) is 9.71. The highest BCUT2D eigenvalue weighted by atomic mass is 19.4. The van der Waals surface area contributed by atoms with Gasteiger partial charge in [-0.15, -0.1) is 13.2 Å². The van der Waals surface area contributed by atoms with Crippen LogP contribution in [-0.2, 0) is 17.5 Å². The SMILES string of the molecule is C[C@@H](c1ccccc1)N(C(=O)N[C@H]1CC=CC=C1OC(F)(F)F)C1CCn2c1nc1cccc(C(F)(F)F)c1c2=O. The molecule has 2 amide bonds. The quantitative estimate of drug-likeness (QED) is 0.357. The van der Waals surface area contributed by atoms with E-state index >= 15 is 0 Å². The van der Waals surface area contributed by atoms with Crippen LogP contribution in [0.25, 0.3) is 10.9 Å². The molecular weight excluding hydrogens is 554 g/mol. The van der Waals surface area contributed by atoms with Crippen LogP contribution in [0.1, 0.15) is 48.8 Å². The van der Waals surface area contributed by atoms with E-state index in [1.54, 1.807) is 43.3 Å². The second kappa shape index (κ2) is 10.6. The van der Waals surface area contributed by atoms with Crippen LogP contribution in [0.15, 0.2) is 77.3 Å². The van der Waals surface area contributed by atoms with Gasteiger partial charge in [0.25, 0.3) is 5.56 Å². The number of nitrogens with one attached hydrogen (secondary N) is 1.